The van der Waals surface area contributed by atoms with Gasteiger partial charge in [-0.15, -0.1) is 0 Å². The van der Waals surface area contributed by atoms with Crippen LogP contribution >= 0.6 is 0 Å². The molecule has 0 fully saturated rings. The highest BCUT2D eigenvalue weighted by molar-refractivity contribution is 5.98. The Bertz CT molecular complexity index is 607. The summed E-state index contributed by atoms with van der Waals surface area (Å²) in [7, 11) is 0. The predicted octanol–water partition coefficient (Wildman–Crippen LogP) is 4.26. The highest BCUT2D eigenvalue weighted by Crippen LogP contribution is 2.31. The van der Waals surface area contributed by atoms with E-state index in [1.165, 1.54) is 5.57 Å². The van der Waals surface area contributed by atoms with Gasteiger partial charge in [-0.1, -0.05) is 18.1 Å². The minimum atomic E-state index is -0.713. The first-order valence-electron chi connectivity index (χ1n) is 8.67. The van der Waals surface area contributed by atoms with Crippen molar-refractivity contribution in [3.8, 4) is 0 Å². The summed E-state index contributed by atoms with van der Waals surface area (Å²) in [6.45, 7) is 9.73. The number of hydrogen-bond acceptors (Lipinski definition) is 4. The van der Waals surface area contributed by atoms with Crippen molar-refractivity contribution >= 4 is 11.8 Å². The molecule has 0 saturated carbocycles. The summed E-state index contributed by atoms with van der Waals surface area (Å²) in [5.41, 5.74) is 1.58. The average Bonchev–Trinajstić information content (AvgIpc) is 2.71. The lowest BCUT2D eigenvalue weighted by Crippen LogP contribution is -2.28. The van der Waals surface area contributed by atoms with Gasteiger partial charge in [0.05, 0.1) is 0 Å². The van der Waals surface area contributed by atoms with Crippen molar-refractivity contribution in [2.75, 3.05) is 0 Å². The summed E-state index contributed by atoms with van der Waals surface area (Å²) in [6.07, 6.45) is 8.81. The summed E-state index contributed by atoms with van der Waals surface area (Å²) >= 11 is 0. The van der Waals surface area contributed by atoms with Crippen molar-refractivity contribution in [2.45, 2.75) is 72.0 Å². The van der Waals surface area contributed by atoms with Gasteiger partial charge >= 0.3 is 5.97 Å². The number of ether oxygens (including phenoxy) is 2. The third-order valence-corrected chi connectivity index (χ3v) is 4.56. The second kappa shape index (κ2) is 7.37. The Morgan fingerprint density at radius 3 is 2.67 bits per heavy atom. The Balaban J connectivity index is 1.79. The number of allylic oxidation sites excluding steroid dienone is 2. The Morgan fingerprint density at radius 1 is 1.38 bits per heavy atom. The van der Waals surface area contributed by atoms with Crippen LogP contribution in [0.5, 0.6) is 0 Å². The molecule has 132 valence electrons. The lowest BCUT2D eigenvalue weighted by Gasteiger charge is -2.21. The van der Waals surface area contributed by atoms with Gasteiger partial charge in [0.15, 0.2) is 5.60 Å². The fourth-order valence-electron chi connectivity index (χ4n) is 3.05. The van der Waals surface area contributed by atoms with Gasteiger partial charge in [-0.05, 0) is 53.0 Å². The van der Waals surface area contributed by atoms with Gasteiger partial charge in [-0.3, -0.25) is 4.79 Å². The molecule has 2 heterocycles. The highest BCUT2D eigenvalue weighted by atomic mass is 16.5. The number of cyclic esters (lactones) is 1. The van der Waals surface area contributed by atoms with Crippen LogP contribution in [0.1, 0.15) is 60.3 Å². The van der Waals surface area contributed by atoms with E-state index >= 15 is 0 Å². The first-order chi connectivity index (χ1) is 11.2. The largest absolute Gasteiger partial charge is 0.484 e. The molecule has 2 unspecified atom stereocenters. The molecule has 2 atom stereocenters. The lowest BCUT2D eigenvalue weighted by atomic mass is 9.98. The van der Waals surface area contributed by atoms with E-state index in [-0.39, 0.29) is 23.8 Å². The Kier molecular flexibility index (Phi) is 5.68. The number of ketones is 1. The molecule has 0 aromatic rings. The predicted molar refractivity (Wildman–Crippen MR) is 93.3 cm³/mol. The molecule has 0 spiro atoms. The van der Waals surface area contributed by atoms with Gasteiger partial charge in [0.1, 0.15) is 11.9 Å². The summed E-state index contributed by atoms with van der Waals surface area (Å²) in [5.74, 6) is 0.830. The SMILES string of the molecule is CC1=CC(=O)OC(/C=C(/C)CCCC(C)C2=CC(=O)C(C)(C)O2)C1. The van der Waals surface area contributed by atoms with Crippen molar-refractivity contribution in [3.05, 3.63) is 35.1 Å². The van der Waals surface area contributed by atoms with Crippen molar-refractivity contribution in [1.82, 2.24) is 0 Å². The number of carbonyl (C=O) groups is 2. The van der Waals surface area contributed by atoms with Gasteiger partial charge in [0.25, 0.3) is 0 Å². The maximum Gasteiger partial charge on any atom is 0.331 e. The topological polar surface area (TPSA) is 52.6 Å². The molecule has 2 aliphatic heterocycles. The molecule has 2 aliphatic rings. The van der Waals surface area contributed by atoms with E-state index in [4.69, 9.17) is 9.47 Å². The first-order valence-corrected chi connectivity index (χ1v) is 8.67. The quantitative estimate of drug-likeness (QED) is 0.538. The van der Waals surface area contributed by atoms with E-state index in [0.29, 0.717) is 0 Å². The van der Waals surface area contributed by atoms with Gasteiger partial charge in [0, 0.05) is 24.5 Å². The monoisotopic (exact) mass is 332 g/mol. The molecule has 4 nitrogen and oxygen atoms in total. The van der Waals surface area contributed by atoms with Gasteiger partial charge in [0.2, 0.25) is 5.78 Å². The average molecular weight is 332 g/mol. The zero-order chi connectivity index (χ0) is 17.9. The third-order valence-electron chi connectivity index (χ3n) is 4.56. The molecule has 0 bridgehead atoms. The van der Waals surface area contributed by atoms with E-state index in [1.807, 2.05) is 6.92 Å². The first kappa shape index (κ1) is 18.5. The minimum absolute atomic E-state index is 0.0444. The molecule has 0 aromatic carbocycles. The highest BCUT2D eigenvalue weighted by Gasteiger charge is 2.36. The van der Waals surface area contributed by atoms with E-state index < -0.39 is 5.60 Å². The molecular weight excluding hydrogens is 304 g/mol. The van der Waals surface area contributed by atoms with Crippen LogP contribution in [0.3, 0.4) is 0 Å². The Labute approximate surface area is 144 Å². The molecule has 0 aromatic heterocycles. The van der Waals surface area contributed by atoms with E-state index in [1.54, 1.807) is 26.0 Å². The number of carbonyl (C=O) groups excluding carboxylic acids is 2. The van der Waals surface area contributed by atoms with Crippen molar-refractivity contribution in [2.24, 2.45) is 5.92 Å². The molecule has 0 amide bonds. The Hall–Kier alpha value is -1.84. The Morgan fingerprint density at radius 2 is 2.08 bits per heavy atom. The molecule has 4 heteroatoms. The second-order valence-corrected chi connectivity index (χ2v) is 7.50. The van der Waals surface area contributed by atoms with Crippen molar-refractivity contribution < 1.29 is 19.1 Å². The van der Waals surface area contributed by atoms with E-state index in [2.05, 4.69) is 19.9 Å². The zero-order valence-corrected chi connectivity index (χ0v) is 15.3. The summed E-state index contributed by atoms with van der Waals surface area (Å²) in [4.78, 5) is 23.2. The van der Waals surface area contributed by atoms with Crippen LogP contribution in [0, 0.1) is 5.92 Å². The molecule has 0 radical (unpaired) electrons. The number of rotatable bonds is 6. The van der Waals surface area contributed by atoms with Crippen LogP contribution in [-0.4, -0.2) is 23.5 Å². The summed E-state index contributed by atoms with van der Waals surface area (Å²) < 4.78 is 11.1. The lowest BCUT2D eigenvalue weighted by molar-refractivity contribution is -0.142. The summed E-state index contributed by atoms with van der Waals surface area (Å²) in [6, 6.07) is 0. The fourth-order valence-corrected chi connectivity index (χ4v) is 3.05. The molecule has 0 saturated heterocycles. The van der Waals surface area contributed by atoms with Gasteiger partial charge in [-0.2, -0.15) is 0 Å². The smallest absolute Gasteiger partial charge is 0.331 e. The zero-order valence-electron chi connectivity index (χ0n) is 15.3. The van der Waals surface area contributed by atoms with Crippen molar-refractivity contribution in [1.29, 1.82) is 0 Å². The molecule has 24 heavy (non-hydrogen) atoms. The van der Waals surface area contributed by atoms with Gasteiger partial charge < -0.3 is 9.47 Å². The molecular formula is C20H28O4. The van der Waals surface area contributed by atoms with Crippen LogP contribution in [0.4, 0.5) is 0 Å². The molecule has 0 N–H and O–H groups in total. The van der Waals surface area contributed by atoms with Crippen LogP contribution in [0.25, 0.3) is 0 Å². The van der Waals surface area contributed by atoms with Crippen molar-refractivity contribution in [3.63, 3.8) is 0 Å². The normalized spacial score (nSPS) is 24.9. The molecule has 2 rings (SSSR count). The third kappa shape index (κ3) is 4.83. The fraction of sp³-hybridized carbons (Fsp3) is 0.600. The molecule has 0 aliphatic carbocycles. The van der Waals surface area contributed by atoms with Crippen LogP contribution < -0.4 is 0 Å². The van der Waals surface area contributed by atoms with E-state index in [0.717, 1.165) is 37.0 Å². The second-order valence-electron chi connectivity index (χ2n) is 7.50. The standard InChI is InChI=1S/C20H28O4/c1-13(9-16-10-14(2)11-19(22)23-16)7-6-8-15(3)17-12-18(21)20(4,5)24-17/h9,11-12,15-16H,6-8,10H2,1-5H3/b13-9-. The maximum atomic E-state index is 11.8. The van der Waals surface area contributed by atoms with Crippen LogP contribution in [-0.2, 0) is 19.1 Å². The van der Waals surface area contributed by atoms with Crippen LogP contribution in [0.2, 0.25) is 0 Å². The van der Waals surface area contributed by atoms with E-state index in [9.17, 15) is 9.59 Å². The summed E-state index contributed by atoms with van der Waals surface area (Å²) in [5, 5.41) is 0. The van der Waals surface area contributed by atoms with Crippen LogP contribution in [0.15, 0.2) is 35.1 Å². The minimum Gasteiger partial charge on any atom is -0.484 e. The van der Waals surface area contributed by atoms with Gasteiger partial charge in [-0.25, -0.2) is 4.79 Å². The number of hydrogen-bond donors (Lipinski definition) is 0. The maximum absolute atomic E-state index is 11.8. The number of esters is 1.